The molecule has 768 valence electrons. The molecular formula is C144H162N6. The highest BCUT2D eigenvalue weighted by Crippen LogP contribution is 2.61. The molecule has 0 aliphatic heterocycles. The van der Waals surface area contributed by atoms with Gasteiger partial charge in [0, 0.05) is 84.1 Å². The zero-order valence-electron chi connectivity index (χ0n) is 91.0. The van der Waals surface area contributed by atoms with Crippen LogP contribution < -0.4 is 14.7 Å². The van der Waals surface area contributed by atoms with Crippen LogP contribution in [-0.2, 0) is 16.2 Å². The minimum atomic E-state index is -0.262. The van der Waals surface area contributed by atoms with Gasteiger partial charge in [0.05, 0.1) is 0 Å². The summed E-state index contributed by atoms with van der Waals surface area (Å²) in [6, 6.07) is 139. The van der Waals surface area contributed by atoms with E-state index in [-0.39, 0.29) is 16.2 Å². The summed E-state index contributed by atoms with van der Waals surface area (Å²) in [5.74, 6) is 2.22. The molecule has 0 spiro atoms. The zero-order chi connectivity index (χ0) is 103. The Morgan fingerprint density at radius 1 is 0.147 bits per heavy atom. The highest BCUT2D eigenvalue weighted by atomic mass is 15.2. The minimum Gasteiger partial charge on any atom is -0.311 e. The van der Waals surface area contributed by atoms with E-state index in [4.69, 9.17) is 15.0 Å². The largest absolute Gasteiger partial charge is 0.311 e. The number of hydrogen-bond donors (Lipinski definition) is 0. The van der Waals surface area contributed by atoms with Crippen LogP contribution in [0.25, 0.3) is 101 Å². The van der Waals surface area contributed by atoms with Gasteiger partial charge in [0.2, 0.25) is 0 Å². The number of rotatable bonds is 57. The molecule has 0 amide bonds. The molecule has 6 heteroatoms. The molecule has 19 rings (SSSR count). The molecule has 0 saturated heterocycles. The van der Waals surface area contributed by atoms with Crippen molar-refractivity contribution < 1.29 is 0 Å². The summed E-state index contributed by atoms with van der Waals surface area (Å²) in [6.07, 6.45) is 51.1. The molecule has 0 radical (unpaired) electrons. The van der Waals surface area contributed by atoms with Gasteiger partial charge in [-0.3, -0.25) is 0 Å². The summed E-state index contributed by atoms with van der Waals surface area (Å²) in [4.78, 5) is 25.5. The van der Waals surface area contributed by atoms with Crippen molar-refractivity contribution in [3.63, 3.8) is 0 Å². The standard InChI is InChI=1S/C144H162N6/c1-7-13-19-25-31-55-97-142(98-56-32-26-20-14-8-2)133-103-112(109-73-85-124(86-74-109)148(118-61-43-37-44-62-118)119-63-45-38-46-64-119)79-91-127(133)130-94-82-115(106-136(130)142)139-145-140(116-83-95-131-128-92-80-113(110-75-87-125(88-76-110)149(120-65-47-39-48-66-120)121-67-49-40-50-68-121)104-134(128)143(137(131)107-116,99-57-33-27-21-15-9-3)100-58-34-28-22-16-10-4)147-141(146-139)117-84-96-132-129-93-81-114(111-77-89-126(90-78-111)150(122-69-51-41-52-70-122)123-71-53-42-54-72-123)105-135(129)144(138(132)108-117,101-59-35-29-23-17-11-5)102-60-36-30-24-18-12-6/h37-54,61-96,103-108H,7-36,55-60,97-102H2,1-6H3. The highest BCUT2D eigenvalue weighted by molar-refractivity contribution is 5.92. The molecule has 1 heterocycles. The van der Waals surface area contributed by atoms with Gasteiger partial charge in [-0.1, -0.05) is 491 Å². The number of fused-ring (bicyclic) bond motifs is 9. The van der Waals surface area contributed by atoms with Crippen LogP contribution in [0.5, 0.6) is 0 Å². The average Bonchev–Trinajstić information content (AvgIpc) is 1.57. The van der Waals surface area contributed by atoms with Crippen molar-refractivity contribution in [2.24, 2.45) is 0 Å². The summed E-state index contributed by atoms with van der Waals surface area (Å²) >= 11 is 0. The lowest BCUT2D eigenvalue weighted by Crippen LogP contribution is -2.26. The van der Waals surface area contributed by atoms with Gasteiger partial charge in [0.25, 0.3) is 0 Å². The third kappa shape index (κ3) is 24.0. The van der Waals surface area contributed by atoms with E-state index in [9.17, 15) is 0 Å². The molecule has 0 saturated carbocycles. The number of anilines is 9. The van der Waals surface area contributed by atoms with Crippen LogP contribution in [0.4, 0.5) is 51.2 Å². The first-order valence-corrected chi connectivity index (χ1v) is 58.8. The van der Waals surface area contributed by atoms with Crippen LogP contribution in [0.3, 0.4) is 0 Å². The maximum atomic E-state index is 6.11. The van der Waals surface area contributed by atoms with Gasteiger partial charge in [0.1, 0.15) is 0 Å². The van der Waals surface area contributed by atoms with Crippen molar-refractivity contribution in [2.45, 2.75) is 327 Å². The van der Waals surface area contributed by atoms with Gasteiger partial charge in [-0.25, -0.2) is 15.0 Å². The Morgan fingerprint density at radius 3 is 0.473 bits per heavy atom. The van der Waals surface area contributed by atoms with E-state index in [1.807, 2.05) is 0 Å². The maximum absolute atomic E-state index is 6.11. The molecule has 150 heavy (non-hydrogen) atoms. The lowest BCUT2D eigenvalue weighted by molar-refractivity contribution is 0.398. The van der Waals surface area contributed by atoms with Crippen LogP contribution in [0.2, 0.25) is 0 Å². The Bertz CT molecular complexity index is 6110. The van der Waals surface area contributed by atoms with E-state index in [0.717, 1.165) is 162 Å². The predicted molar refractivity (Wildman–Crippen MR) is 643 cm³/mol. The van der Waals surface area contributed by atoms with Gasteiger partial charge in [-0.2, -0.15) is 0 Å². The van der Waals surface area contributed by atoms with E-state index < -0.39 is 0 Å². The summed E-state index contributed by atoms with van der Waals surface area (Å²) in [6.45, 7) is 14.1. The van der Waals surface area contributed by atoms with Crippen molar-refractivity contribution in [1.29, 1.82) is 0 Å². The molecular weight excluding hydrogens is 1810 g/mol. The fourth-order valence-corrected chi connectivity index (χ4v) is 25.7. The van der Waals surface area contributed by atoms with Crippen molar-refractivity contribution in [3.8, 4) is 101 Å². The number of benzene rings is 15. The third-order valence-corrected chi connectivity index (χ3v) is 33.7. The summed E-state index contributed by atoms with van der Waals surface area (Å²) in [7, 11) is 0. The van der Waals surface area contributed by atoms with Crippen LogP contribution >= 0.6 is 0 Å². The number of unbranched alkanes of at least 4 members (excludes halogenated alkanes) is 30. The van der Waals surface area contributed by atoms with E-state index in [2.05, 4.69) is 420 Å². The second-order valence-electron chi connectivity index (χ2n) is 43.9. The first-order chi connectivity index (χ1) is 74.1. The SMILES string of the molecule is CCCCCCCCC1(CCCCCCCC)c2cc(-c3ccc(N(c4ccccc4)c4ccccc4)cc3)ccc2-c2ccc(-c3nc(-c4ccc5c(c4)C(CCCCCCCC)(CCCCCCCC)c4cc(-c6ccc(N(c7ccccc7)c7ccccc7)cc6)ccc4-5)nc(-c4ccc5c(c4)C(CCCCCCCC)(CCCCCCCC)c4cc(-c6ccc(N(c7ccccc7)c7ccccc7)cc6)ccc4-5)n3)cc21. The van der Waals surface area contributed by atoms with Gasteiger partial charge in [-0.15, -0.1) is 0 Å². The van der Waals surface area contributed by atoms with Crippen LogP contribution in [-0.4, -0.2) is 15.0 Å². The van der Waals surface area contributed by atoms with Crippen molar-refractivity contribution in [1.82, 2.24) is 15.0 Å². The summed E-state index contributed by atoms with van der Waals surface area (Å²) in [5, 5.41) is 0. The molecule has 3 aliphatic carbocycles. The predicted octanol–water partition coefficient (Wildman–Crippen LogP) is 43.6. The van der Waals surface area contributed by atoms with E-state index >= 15 is 0 Å². The van der Waals surface area contributed by atoms with Crippen molar-refractivity contribution in [2.75, 3.05) is 14.7 Å². The molecule has 0 unspecified atom stereocenters. The van der Waals surface area contributed by atoms with Gasteiger partial charge in [-0.05, 0) is 284 Å². The fourth-order valence-electron chi connectivity index (χ4n) is 25.7. The Labute approximate surface area is 900 Å². The summed E-state index contributed by atoms with van der Waals surface area (Å²) < 4.78 is 0. The number of hydrogen-bond acceptors (Lipinski definition) is 6. The molecule has 0 atom stereocenters. The Balaban J connectivity index is 0.782. The minimum absolute atomic E-state index is 0.262. The Hall–Kier alpha value is -13.3. The van der Waals surface area contributed by atoms with E-state index in [1.54, 1.807) is 0 Å². The van der Waals surface area contributed by atoms with Gasteiger partial charge < -0.3 is 14.7 Å². The summed E-state index contributed by atoms with van der Waals surface area (Å²) in [5.41, 5.74) is 37.1. The third-order valence-electron chi connectivity index (χ3n) is 33.7. The Morgan fingerprint density at radius 2 is 0.293 bits per heavy atom. The van der Waals surface area contributed by atoms with Crippen LogP contribution in [0, 0.1) is 0 Å². The number of nitrogens with zero attached hydrogens (tertiary/aromatic N) is 6. The molecule has 3 aliphatic rings. The molecule has 0 N–H and O–H groups in total. The van der Waals surface area contributed by atoms with E-state index in [1.165, 1.54) is 293 Å². The van der Waals surface area contributed by atoms with Crippen LogP contribution in [0.15, 0.2) is 364 Å². The fraction of sp³-hybridized carbons (Fsp3) is 0.354. The first-order valence-electron chi connectivity index (χ1n) is 58.8. The van der Waals surface area contributed by atoms with E-state index in [0.29, 0.717) is 0 Å². The van der Waals surface area contributed by atoms with Gasteiger partial charge >= 0.3 is 0 Å². The Kier molecular flexibility index (Phi) is 36.4. The molecule has 1 aromatic heterocycles. The topological polar surface area (TPSA) is 48.4 Å². The second kappa shape index (κ2) is 52.0. The molecule has 0 bridgehead atoms. The second-order valence-corrected chi connectivity index (χ2v) is 43.9. The lowest BCUT2D eigenvalue weighted by Gasteiger charge is -2.34. The number of para-hydroxylation sites is 6. The monoisotopic (exact) mass is 1980 g/mol. The molecule has 16 aromatic rings. The molecule has 6 nitrogen and oxygen atoms in total. The zero-order valence-corrected chi connectivity index (χ0v) is 91.0. The average molecular weight is 1980 g/mol. The lowest BCUT2D eigenvalue weighted by atomic mass is 9.70. The number of aromatic nitrogens is 3. The highest BCUT2D eigenvalue weighted by Gasteiger charge is 2.47. The molecule has 0 fully saturated rings. The first kappa shape index (κ1) is 105. The van der Waals surface area contributed by atoms with Crippen molar-refractivity contribution >= 4 is 51.2 Å². The van der Waals surface area contributed by atoms with Gasteiger partial charge in [0.15, 0.2) is 17.5 Å². The van der Waals surface area contributed by atoms with Crippen molar-refractivity contribution in [3.05, 3.63) is 397 Å². The van der Waals surface area contributed by atoms with Crippen LogP contribution in [0.1, 0.15) is 345 Å². The molecule has 15 aromatic carbocycles. The maximum Gasteiger partial charge on any atom is 0.164 e. The quantitative estimate of drug-likeness (QED) is 0.0354. The normalized spacial score (nSPS) is 13.1. The smallest absolute Gasteiger partial charge is 0.164 e.